The molecule has 0 atom stereocenters. The van der Waals surface area contributed by atoms with Crippen LogP contribution < -0.4 is 11.2 Å². The number of carbonyl (C=O) groups excluding carboxylic acids is 1. The third-order valence-corrected chi connectivity index (χ3v) is 5.58. The van der Waals surface area contributed by atoms with Crippen LogP contribution in [0.3, 0.4) is 0 Å². The number of hydrogen-bond donors (Lipinski definition) is 1. The van der Waals surface area contributed by atoms with E-state index in [1.165, 1.54) is 6.07 Å². The molecule has 0 saturated carbocycles. The average molecular weight is 475 g/mol. The van der Waals surface area contributed by atoms with Crippen LogP contribution in [-0.4, -0.2) is 42.3 Å². The molecular weight excluding hydrogens is 448 g/mol. The number of aryl methyl sites for hydroxylation is 1. The van der Waals surface area contributed by atoms with Crippen LogP contribution in [0.4, 0.5) is 0 Å². The number of aromatic nitrogens is 6. The molecule has 0 radical (unpaired) electrons. The van der Waals surface area contributed by atoms with Crippen molar-refractivity contribution in [1.82, 2.24) is 29.8 Å². The number of benzene rings is 2. The van der Waals surface area contributed by atoms with Crippen molar-refractivity contribution in [1.29, 1.82) is 0 Å². The van der Waals surface area contributed by atoms with Crippen LogP contribution >= 0.6 is 0 Å². The molecule has 180 valence electrons. The number of ether oxygens (including phenoxy) is 1. The fourth-order valence-electron chi connectivity index (χ4n) is 3.95. The van der Waals surface area contributed by atoms with Crippen LogP contribution in [0.25, 0.3) is 22.5 Å². The molecule has 0 aliphatic carbocycles. The summed E-state index contributed by atoms with van der Waals surface area (Å²) in [5.41, 5.74) is 3.24. The molecular formula is C25H26N6O4. The minimum Gasteiger partial charge on any atom is -0.465 e. The van der Waals surface area contributed by atoms with Crippen LogP contribution in [0.5, 0.6) is 0 Å². The van der Waals surface area contributed by atoms with E-state index < -0.39 is 23.8 Å². The summed E-state index contributed by atoms with van der Waals surface area (Å²) >= 11 is 0. The van der Waals surface area contributed by atoms with Crippen molar-refractivity contribution in [2.24, 2.45) is 0 Å². The fraction of sp³-hybridized carbons (Fsp3) is 0.280. The van der Waals surface area contributed by atoms with Gasteiger partial charge in [-0.3, -0.25) is 14.2 Å². The highest BCUT2D eigenvalue weighted by Crippen LogP contribution is 2.29. The number of nitrogens with zero attached hydrogens (tertiary/aromatic N) is 5. The van der Waals surface area contributed by atoms with Crippen molar-refractivity contribution in [3.63, 3.8) is 0 Å². The predicted octanol–water partition coefficient (Wildman–Crippen LogP) is 2.42. The fourth-order valence-corrected chi connectivity index (χ4v) is 3.95. The Morgan fingerprint density at radius 2 is 1.74 bits per heavy atom. The number of aromatic amines is 1. The van der Waals surface area contributed by atoms with Gasteiger partial charge in [0.25, 0.3) is 5.56 Å². The second-order valence-corrected chi connectivity index (χ2v) is 7.96. The molecule has 0 saturated heterocycles. The van der Waals surface area contributed by atoms with Crippen LogP contribution in [0.2, 0.25) is 0 Å². The number of nitrogens with one attached hydrogen (secondary N) is 1. The molecule has 0 spiro atoms. The molecule has 0 aliphatic heterocycles. The lowest BCUT2D eigenvalue weighted by Gasteiger charge is -2.15. The topological polar surface area (TPSA) is 125 Å². The Bertz CT molecular complexity index is 1420. The second kappa shape index (κ2) is 10.7. The zero-order valence-electron chi connectivity index (χ0n) is 19.6. The van der Waals surface area contributed by atoms with Gasteiger partial charge in [-0.2, -0.15) is 5.21 Å². The maximum Gasteiger partial charge on any atom is 0.332 e. The van der Waals surface area contributed by atoms with E-state index in [1.54, 1.807) is 11.5 Å². The van der Waals surface area contributed by atoms with Gasteiger partial charge in [0.1, 0.15) is 6.54 Å². The summed E-state index contributed by atoms with van der Waals surface area (Å²) in [7, 11) is 0. The first kappa shape index (κ1) is 23.8. The maximum atomic E-state index is 13.2. The Balaban J connectivity index is 1.67. The maximum absolute atomic E-state index is 13.2. The molecule has 4 aromatic rings. The molecule has 0 fully saturated rings. The van der Waals surface area contributed by atoms with Crippen LogP contribution in [0.15, 0.2) is 64.2 Å². The monoisotopic (exact) mass is 474 g/mol. The average Bonchev–Trinajstić information content (AvgIpc) is 3.40. The van der Waals surface area contributed by atoms with Crippen molar-refractivity contribution >= 4 is 5.97 Å². The summed E-state index contributed by atoms with van der Waals surface area (Å²) in [6.07, 6.45) is 1.34. The van der Waals surface area contributed by atoms with Gasteiger partial charge >= 0.3 is 11.7 Å². The largest absolute Gasteiger partial charge is 0.465 e. The predicted molar refractivity (Wildman–Crippen MR) is 130 cm³/mol. The van der Waals surface area contributed by atoms with Crippen LogP contribution in [0.1, 0.15) is 31.5 Å². The van der Waals surface area contributed by atoms with Gasteiger partial charge in [-0.1, -0.05) is 61.9 Å². The van der Waals surface area contributed by atoms with Crippen molar-refractivity contribution in [2.75, 3.05) is 6.61 Å². The minimum atomic E-state index is -0.619. The highest BCUT2D eigenvalue weighted by molar-refractivity contribution is 5.80. The Morgan fingerprint density at radius 1 is 1.00 bits per heavy atom. The van der Waals surface area contributed by atoms with Crippen molar-refractivity contribution in [3.8, 4) is 22.5 Å². The summed E-state index contributed by atoms with van der Waals surface area (Å²) in [5.74, 6) is -0.115. The first-order valence-corrected chi connectivity index (χ1v) is 11.4. The summed E-state index contributed by atoms with van der Waals surface area (Å²) < 4.78 is 7.39. The van der Waals surface area contributed by atoms with Crippen molar-refractivity contribution in [2.45, 2.75) is 39.8 Å². The van der Waals surface area contributed by atoms with Gasteiger partial charge in [0, 0.05) is 17.3 Å². The lowest BCUT2D eigenvalue weighted by molar-refractivity contribution is -0.143. The number of H-pyrrole nitrogens is 1. The van der Waals surface area contributed by atoms with E-state index in [2.05, 4.69) is 20.6 Å². The molecule has 10 nitrogen and oxygen atoms in total. The van der Waals surface area contributed by atoms with E-state index in [0.717, 1.165) is 33.2 Å². The molecule has 2 aromatic heterocycles. The number of carbonyl (C=O) groups is 1. The Labute approximate surface area is 201 Å². The zero-order valence-corrected chi connectivity index (χ0v) is 19.6. The van der Waals surface area contributed by atoms with E-state index in [4.69, 9.17) is 4.74 Å². The first-order chi connectivity index (χ1) is 17.0. The van der Waals surface area contributed by atoms with Gasteiger partial charge in [-0.25, -0.2) is 9.36 Å². The lowest BCUT2D eigenvalue weighted by Crippen LogP contribution is -2.43. The molecule has 0 unspecified atom stereocenters. The quantitative estimate of drug-likeness (QED) is 0.369. The Hall–Kier alpha value is -4.34. The Morgan fingerprint density at radius 3 is 2.40 bits per heavy atom. The molecule has 0 amide bonds. The number of rotatable bonds is 9. The summed E-state index contributed by atoms with van der Waals surface area (Å²) in [4.78, 5) is 37.7. The van der Waals surface area contributed by atoms with Gasteiger partial charge in [-0.15, -0.1) is 10.2 Å². The minimum absolute atomic E-state index is 0.178. The summed E-state index contributed by atoms with van der Waals surface area (Å²) in [6, 6.07) is 17.0. The highest BCUT2D eigenvalue weighted by atomic mass is 16.5. The lowest BCUT2D eigenvalue weighted by atomic mass is 9.98. The first-order valence-electron chi connectivity index (χ1n) is 11.4. The van der Waals surface area contributed by atoms with Gasteiger partial charge < -0.3 is 4.74 Å². The molecule has 35 heavy (non-hydrogen) atoms. The third-order valence-electron chi connectivity index (χ3n) is 5.58. The van der Waals surface area contributed by atoms with E-state index in [9.17, 15) is 14.4 Å². The molecule has 0 bridgehead atoms. The van der Waals surface area contributed by atoms with Crippen molar-refractivity contribution < 1.29 is 9.53 Å². The normalized spacial score (nSPS) is 10.9. The third kappa shape index (κ3) is 5.26. The van der Waals surface area contributed by atoms with Crippen LogP contribution in [-0.2, 0) is 29.0 Å². The Kier molecular flexibility index (Phi) is 7.30. The molecule has 4 rings (SSSR count). The van der Waals surface area contributed by atoms with Gasteiger partial charge in [0.2, 0.25) is 5.82 Å². The zero-order chi connectivity index (χ0) is 24.8. The SMILES string of the molecule is CCCc1cc(=O)n(CC(=O)OCC)c(=O)n1Cc1ccc(-c2ccccc2-c2nn[nH]n2)cc1. The molecule has 2 aromatic carbocycles. The molecule has 1 N–H and O–H groups in total. The van der Waals surface area contributed by atoms with Gasteiger partial charge in [0.15, 0.2) is 0 Å². The van der Waals surface area contributed by atoms with Crippen molar-refractivity contribution in [3.05, 3.63) is 86.7 Å². The van der Waals surface area contributed by atoms with E-state index >= 15 is 0 Å². The second-order valence-electron chi connectivity index (χ2n) is 7.96. The van der Waals surface area contributed by atoms with Gasteiger partial charge in [-0.05, 0) is 35.2 Å². The van der Waals surface area contributed by atoms with E-state index in [1.807, 2.05) is 55.5 Å². The number of hydrogen-bond acceptors (Lipinski definition) is 7. The van der Waals surface area contributed by atoms with E-state index in [0.29, 0.717) is 17.9 Å². The molecule has 10 heteroatoms. The summed E-state index contributed by atoms with van der Waals surface area (Å²) in [5, 5.41) is 14.3. The summed E-state index contributed by atoms with van der Waals surface area (Å²) in [6.45, 7) is 3.69. The number of tetrazole rings is 1. The van der Waals surface area contributed by atoms with E-state index in [-0.39, 0.29) is 13.2 Å². The highest BCUT2D eigenvalue weighted by Gasteiger charge is 2.15. The molecule has 2 heterocycles. The smallest absolute Gasteiger partial charge is 0.332 e. The number of esters is 1. The van der Waals surface area contributed by atoms with Crippen LogP contribution in [0, 0.1) is 0 Å². The van der Waals surface area contributed by atoms with Gasteiger partial charge in [0.05, 0.1) is 13.2 Å². The standard InChI is InChI=1S/C25H26N6O4/c1-3-7-19-14-22(32)31(16-23(33)35-4-2)25(34)30(19)15-17-10-12-18(13-11-17)20-8-5-6-9-21(20)24-26-28-29-27-24/h5-6,8-14H,3-4,7,15-16H2,1-2H3,(H,26,27,28,29). The molecule has 0 aliphatic rings.